The lowest BCUT2D eigenvalue weighted by Crippen LogP contribution is -2.47. The van der Waals surface area contributed by atoms with Crippen molar-refractivity contribution in [2.75, 3.05) is 33.8 Å². The summed E-state index contributed by atoms with van der Waals surface area (Å²) in [6.45, 7) is 3.69. The van der Waals surface area contributed by atoms with Crippen LogP contribution in [0.15, 0.2) is 52.9 Å². The van der Waals surface area contributed by atoms with Crippen molar-refractivity contribution < 1.29 is 33.0 Å². The molecule has 0 aliphatic carbocycles. The Labute approximate surface area is 214 Å². The van der Waals surface area contributed by atoms with E-state index in [1.807, 2.05) is 44.2 Å². The lowest BCUT2D eigenvalue weighted by Gasteiger charge is -2.23. The number of methoxy groups -OCH3 is 4. The predicted molar refractivity (Wildman–Crippen MR) is 141 cm³/mol. The van der Waals surface area contributed by atoms with Crippen LogP contribution in [0.3, 0.4) is 0 Å². The Morgan fingerprint density at radius 3 is 2.03 bits per heavy atom. The summed E-state index contributed by atoms with van der Waals surface area (Å²) in [5, 5.41) is 7.54. The summed E-state index contributed by atoms with van der Waals surface area (Å²) in [6.07, 6.45) is 0. The number of benzene rings is 3. The van der Waals surface area contributed by atoms with Crippen molar-refractivity contribution >= 4 is 39.4 Å². The Bertz CT molecular complexity index is 1430. The second kappa shape index (κ2) is 10.7. The van der Waals surface area contributed by atoms with Crippen LogP contribution in [0.5, 0.6) is 23.0 Å². The molecule has 37 heavy (non-hydrogen) atoms. The first-order chi connectivity index (χ1) is 17.8. The fourth-order valence-electron chi connectivity index (χ4n) is 4.20. The second-order valence-corrected chi connectivity index (χ2v) is 8.75. The van der Waals surface area contributed by atoms with Gasteiger partial charge >= 0.3 is 0 Å². The molecule has 0 saturated carbocycles. The summed E-state index contributed by atoms with van der Waals surface area (Å²) in [4.78, 5) is 26.5. The molecule has 9 nitrogen and oxygen atoms in total. The quantitative estimate of drug-likeness (QED) is 0.328. The molecule has 0 unspecified atom stereocenters. The molecular formula is C28H30N2O7. The number of anilines is 1. The van der Waals surface area contributed by atoms with Crippen molar-refractivity contribution in [1.82, 2.24) is 5.32 Å². The SMILES string of the molecule is COc1cc2c(cc1NC(=O)[C@@H](NC(=O)c1cc(OC)c(OC)c(OC)c1)C(C)C)oc1ccccc12. The largest absolute Gasteiger partial charge is 0.495 e. The van der Waals surface area contributed by atoms with Crippen LogP contribution in [-0.2, 0) is 4.79 Å². The number of ether oxygens (including phenoxy) is 4. The van der Waals surface area contributed by atoms with Gasteiger partial charge in [-0.1, -0.05) is 32.0 Å². The summed E-state index contributed by atoms with van der Waals surface area (Å²) in [5.74, 6) is 0.436. The molecule has 0 spiro atoms. The van der Waals surface area contributed by atoms with Crippen LogP contribution in [-0.4, -0.2) is 46.3 Å². The molecular weight excluding hydrogens is 476 g/mol. The molecule has 194 valence electrons. The standard InChI is InChI=1S/C28H30N2O7/c1-15(2)25(30-27(31)16-11-23(34-4)26(36-6)24(12-16)35-5)28(32)29-19-14-21-18(13-22(19)33-3)17-9-7-8-10-20(17)37-21/h7-15,25H,1-6H3,(H,29,32)(H,30,31)/t25-/m0/s1. The highest BCUT2D eigenvalue weighted by atomic mass is 16.5. The molecule has 0 saturated heterocycles. The number of nitrogens with one attached hydrogen (secondary N) is 2. The Morgan fingerprint density at radius 2 is 1.43 bits per heavy atom. The number of hydrogen-bond acceptors (Lipinski definition) is 7. The van der Waals surface area contributed by atoms with Gasteiger partial charge in [0.05, 0.1) is 34.1 Å². The molecule has 1 aromatic heterocycles. The highest BCUT2D eigenvalue weighted by Gasteiger charge is 2.27. The molecule has 2 amide bonds. The van der Waals surface area contributed by atoms with E-state index in [0.29, 0.717) is 34.3 Å². The van der Waals surface area contributed by atoms with Gasteiger partial charge in [-0.2, -0.15) is 0 Å². The third-order valence-electron chi connectivity index (χ3n) is 6.12. The zero-order chi connectivity index (χ0) is 26.7. The normalized spacial score (nSPS) is 11.9. The maximum absolute atomic E-state index is 13.4. The number of amides is 2. The third-order valence-corrected chi connectivity index (χ3v) is 6.12. The van der Waals surface area contributed by atoms with Crippen molar-refractivity contribution in [2.45, 2.75) is 19.9 Å². The van der Waals surface area contributed by atoms with Gasteiger partial charge in [-0.25, -0.2) is 0 Å². The fraction of sp³-hybridized carbons (Fsp3) is 0.286. The van der Waals surface area contributed by atoms with Gasteiger partial charge in [-0.15, -0.1) is 0 Å². The van der Waals surface area contributed by atoms with Gasteiger partial charge in [-0.3, -0.25) is 9.59 Å². The van der Waals surface area contributed by atoms with E-state index in [4.69, 9.17) is 23.4 Å². The number of hydrogen-bond donors (Lipinski definition) is 2. The molecule has 4 aromatic rings. The van der Waals surface area contributed by atoms with Crippen molar-refractivity contribution in [2.24, 2.45) is 5.92 Å². The number of furan rings is 1. The third kappa shape index (κ3) is 4.97. The minimum Gasteiger partial charge on any atom is -0.495 e. The number of carbonyl (C=O) groups excluding carboxylic acids is 2. The van der Waals surface area contributed by atoms with Crippen LogP contribution in [0.4, 0.5) is 5.69 Å². The molecule has 0 radical (unpaired) electrons. The highest BCUT2D eigenvalue weighted by molar-refractivity contribution is 6.08. The lowest BCUT2D eigenvalue weighted by atomic mass is 10.0. The molecule has 0 fully saturated rings. The number of rotatable bonds is 9. The van der Waals surface area contributed by atoms with Crippen molar-refractivity contribution in [3.05, 3.63) is 54.1 Å². The average Bonchev–Trinajstić information content (AvgIpc) is 3.26. The summed E-state index contributed by atoms with van der Waals surface area (Å²) in [6, 6.07) is 13.5. The minimum atomic E-state index is -0.845. The van der Waals surface area contributed by atoms with Crippen LogP contribution in [0.1, 0.15) is 24.2 Å². The molecule has 2 N–H and O–H groups in total. The van der Waals surface area contributed by atoms with Gasteiger partial charge < -0.3 is 34.0 Å². The summed E-state index contributed by atoms with van der Waals surface area (Å²) < 4.78 is 27.5. The van der Waals surface area contributed by atoms with E-state index < -0.39 is 17.9 Å². The van der Waals surface area contributed by atoms with Gasteiger partial charge in [0.1, 0.15) is 23.0 Å². The Kier molecular flexibility index (Phi) is 7.42. The number of para-hydroxylation sites is 1. The summed E-state index contributed by atoms with van der Waals surface area (Å²) >= 11 is 0. The van der Waals surface area contributed by atoms with Gasteiger partial charge in [0.15, 0.2) is 11.5 Å². The molecule has 3 aromatic carbocycles. The first kappa shape index (κ1) is 25.7. The molecule has 0 aliphatic heterocycles. The van der Waals surface area contributed by atoms with Crippen LogP contribution >= 0.6 is 0 Å². The Hall–Kier alpha value is -4.40. The maximum atomic E-state index is 13.4. The Balaban J connectivity index is 1.61. The topological polar surface area (TPSA) is 108 Å². The van der Waals surface area contributed by atoms with Gasteiger partial charge in [0, 0.05) is 22.4 Å². The van der Waals surface area contributed by atoms with Gasteiger partial charge in [0.25, 0.3) is 5.91 Å². The van der Waals surface area contributed by atoms with E-state index in [1.165, 1.54) is 40.6 Å². The van der Waals surface area contributed by atoms with Crippen LogP contribution in [0.2, 0.25) is 0 Å². The van der Waals surface area contributed by atoms with E-state index in [9.17, 15) is 9.59 Å². The van der Waals surface area contributed by atoms with E-state index in [1.54, 1.807) is 6.07 Å². The van der Waals surface area contributed by atoms with Gasteiger partial charge in [0.2, 0.25) is 11.7 Å². The van der Waals surface area contributed by atoms with Crippen molar-refractivity contribution in [1.29, 1.82) is 0 Å². The first-order valence-electron chi connectivity index (χ1n) is 11.7. The molecule has 0 aliphatic rings. The molecule has 4 rings (SSSR count). The van der Waals surface area contributed by atoms with Crippen LogP contribution in [0, 0.1) is 5.92 Å². The van der Waals surface area contributed by atoms with Crippen LogP contribution < -0.4 is 29.6 Å². The maximum Gasteiger partial charge on any atom is 0.252 e. The molecule has 1 heterocycles. The average molecular weight is 507 g/mol. The second-order valence-electron chi connectivity index (χ2n) is 8.75. The summed E-state index contributed by atoms with van der Waals surface area (Å²) in [7, 11) is 5.95. The van der Waals surface area contributed by atoms with E-state index in [-0.39, 0.29) is 11.5 Å². The van der Waals surface area contributed by atoms with E-state index >= 15 is 0 Å². The van der Waals surface area contributed by atoms with Crippen LogP contribution in [0.25, 0.3) is 21.9 Å². The van der Waals surface area contributed by atoms with Gasteiger partial charge in [-0.05, 0) is 30.2 Å². The zero-order valence-corrected chi connectivity index (χ0v) is 21.6. The Morgan fingerprint density at radius 1 is 0.784 bits per heavy atom. The summed E-state index contributed by atoms with van der Waals surface area (Å²) in [5.41, 5.74) is 2.04. The van der Waals surface area contributed by atoms with Crippen molar-refractivity contribution in [3.8, 4) is 23.0 Å². The fourth-order valence-corrected chi connectivity index (χ4v) is 4.20. The predicted octanol–water partition coefficient (Wildman–Crippen LogP) is 5.01. The smallest absolute Gasteiger partial charge is 0.252 e. The molecule has 1 atom stereocenters. The van der Waals surface area contributed by atoms with E-state index in [0.717, 1.165) is 16.4 Å². The number of carbonyl (C=O) groups is 2. The zero-order valence-electron chi connectivity index (χ0n) is 21.6. The first-order valence-corrected chi connectivity index (χ1v) is 11.7. The van der Waals surface area contributed by atoms with Crippen molar-refractivity contribution in [3.63, 3.8) is 0 Å². The monoisotopic (exact) mass is 506 g/mol. The highest BCUT2D eigenvalue weighted by Crippen LogP contribution is 2.39. The number of fused-ring (bicyclic) bond motifs is 3. The minimum absolute atomic E-state index is 0.216. The lowest BCUT2D eigenvalue weighted by molar-refractivity contribution is -0.118. The molecule has 0 bridgehead atoms. The van der Waals surface area contributed by atoms with E-state index in [2.05, 4.69) is 10.6 Å². The molecule has 9 heteroatoms.